The van der Waals surface area contributed by atoms with Gasteiger partial charge in [-0.3, -0.25) is 22.7 Å². The first kappa shape index (κ1) is 39.5. The number of nitrogen functional groups attached to an aromatic ring is 2. The van der Waals surface area contributed by atoms with Crippen molar-refractivity contribution < 1.29 is 66.2 Å². The fourth-order valence-electron chi connectivity index (χ4n) is 5.90. The summed E-state index contributed by atoms with van der Waals surface area (Å²) >= 11 is 0. The van der Waals surface area contributed by atoms with Gasteiger partial charge in [-0.2, -0.15) is 4.98 Å². The Labute approximate surface area is 304 Å². The fourth-order valence-corrected chi connectivity index (χ4v) is 7.20. The molecule has 54 heavy (non-hydrogen) atoms. The number of nitrogens with two attached hydrogens (primary N) is 2. The minimum absolute atomic E-state index is 0.0384. The van der Waals surface area contributed by atoms with E-state index in [0.717, 1.165) is 16.5 Å². The number of carbonyl (C=O) groups excluding carboxylic acids is 1. The lowest BCUT2D eigenvalue weighted by molar-refractivity contribution is -0.168. The Balaban J connectivity index is 1.21. The van der Waals surface area contributed by atoms with Crippen molar-refractivity contribution >= 4 is 44.4 Å². The zero-order valence-corrected chi connectivity index (χ0v) is 29.9. The van der Waals surface area contributed by atoms with Crippen LogP contribution in [0.15, 0.2) is 60.0 Å². The summed E-state index contributed by atoms with van der Waals surface area (Å²) in [6, 6.07) is 10.2. The highest BCUT2D eigenvalue weighted by atomic mass is 31.2. The SMILES string of the molecule is COC(Cc1ccccc1)C(=O)O[C@H]1[C@@H](O)[C@H](n2cnc3c(N)ncnc32)O[C@H]1COP(=O)(O)O[C@H]1C[C@H](n2ccc(N)nc2=O)O[C@@H]1COP(=O)(O)O. The molecule has 0 radical (unpaired) electrons. The molecule has 0 spiro atoms. The normalized spacial score (nSPS) is 26.1. The van der Waals surface area contributed by atoms with Crippen molar-refractivity contribution in [3.05, 3.63) is 71.3 Å². The van der Waals surface area contributed by atoms with Crippen molar-refractivity contribution in [3.63, 3.8) is 0 Å². The molecule has 0 amide bonds. The number of benzene rings is 1. The first-order chi connectivity index (χ1) is 25.6. The van der Waals surface area contributed by atoms with Gasteiger partial charge in [-0.05, 0) is 11.6 Å². The number of aliphatic hydroxyl groups excluding tert-OH is 1. The van der Waals surface area contributed by atoms with Crippen LogP contribution in [-0.4, -0.2) is 112 Å². The van der Waals surface area contributed by atoms with Crippen LogP contribution in [0.4, 0.5) is 11.6 Å². The van der Waals surface area contributed by atoms with Crippen LogP contribution in [0.25, 0.3) is 11.2 Å². The lowest BCUT2D eigenvalue weighted by Crippen LogP contribution is -2.41. The topological polar surface area (TPSA) is 327 Å². The molecule has 2 saturated heterocycles. The molecule has 2 aliphatic rings. The van der Waals surface area contributed by atoms with Crippen molar-refractivity contribution in [3.8, 4) is 0 Å². The number of imidazole rings is 1. The predicted molar refractivity (Wildman–Crippen MR) is 181 cm³/mol. The quantitative estimate of drug-likeness (QED) is 0.0656. The van der Waals surface area contributed by atoms with Gasteiger partial charge in [-0.1, -0.05) is 30.3 Å². The van der Waals surface area contributed by atoms with Gasteiger partial charge in [0.05, 0.1) is 19.5 Å². The number of phosphoric acid groups is 2. The Hall–Kier alpha value is -4.22. The van der Waals surface area contributed by atoms with Gasteiger partial charge in [0.15, 0.2) is 29.9 Å². The molecule has 8 N–H and O–H groups in total. The van der Waals surface area contributed by atoms with E-state index in [1.165, 1.54) is 30.3 Å². The number of esters is 1. The Morgan fingerprint density at radius 2 is 1.76 bits per heavy atom. The average molecular weight is 799 g/mol. The van der Waals surface area contributed by atoms with E-state index >= 15 is 0 Å². The number of phosphoric ester groups is 2. The largest absolute Gasteiger partial charge is 0.472 e. The molecule has 0 saturated carbocycles. The van der Waals surface area contributed by atoms with E-state index in [1.54, 1.807) is 30.3 Å². The zero-order valence-electron chi connectivity index (χ0n) is 28.2. The van der Waals surface area contributed by atoms with Crippen molar-refractivity contribution in [2.45, 2.75) is 61.9 Å². The minimum atomic E-state index is -5.15. The van der Waals surface area contributed by atoms with Gasteiger partial charge in [0, 0.05) is 26.1 Å². The molecule has 6 rings (SSSR count). The van der Waals surface area contributed by atoms with Crippen LogP contribution in [0.5, 0.6) is 0 Å². The molecule has 0 bridgehead atoms. The molecule has 2 aliphatic heterocycles. The van der Waals surface area contributed by atoms with Gasteiger partial charge in [0.25, 0.3) is 0 Å². The molecule has 0 aliphatic carbocycles. The van der Waals surface area contributed by atoms with Crippen LogP contribution in [0.2, 0.25) is 0 Å². The van der Waals surface area contributed by atoms with E-state index in [4.69, 9.17) is 39.5 Å². The molecular weight excluding hydrogens is 762 g/mol. The Morgan fingerprint density at radius 1 is 1.02 bits per heavy atom. The van der Waals surface area contributed by atoms with Gasteiger partial charge >= 0.3 is 27.3 Å². The summed E-state index contributed by atoms with van der Waals surface area (Å²) in [5.41, 5.74) is 11.7. The molecule has 1 aromatic carbocycles. The summed E-state index contributed by atoms with van der Waals surface area (Å²) in [6.07, 6.45) is -7.61. The monoisotopic (exact) mass is 798 g/mol. The Kier molecular flexibility index (Phi) is 11.9. The first-order valence-electron chi connectivity index (χ1n) is 16.0. The third-order valence-corrected chi connectivity index (χ3v) is 9.95. The fraction of sp³-hybridized carbons (Fsp3) is 0.448. The van der Waals surface area contributed by atoms with Gasteiger partial charge in [-0.15, -0.1) is 0 Å². The number of hydrogen-bond acceptors (Lipinski definition) is 18. The van der Waals surface area contributed by atoms with E-state index in [9.17, 15) is 38.5 Å². The highest BCUT2D eigenvalue weighted by Gasteiger charge is 2.50. The number of rotatable bonds is 15. The maximum atomic E-state index is 13.4. The summed E-state index contributed by atoms with van der Waals surface area (Å²) in [5, 5.41) is 11.5. The van der Waals surface area contributed by atoms with E-state index in [-0.39, 0.29) is 35.6 Å². The second-order valence-electron chi connectivity index (χ2n) is 12.1. The molecule has 3 aromatic heterocycles. The van der Waals surface area contributed by atoms with Gasteiger partial charge in [-0.25, -0.2) is 33.7 Å². The average Bonchev–Trinajstić information content (AvgIpc) is 3.81. The number of ether oxygens (including phenoxy) is 4. The molecule has 292 valence electrons. The molecule has 9 atom stereocenters. The molecule has 23 nitrogen and oxygen atoms in total. The molecular formula is C29H36N8O15P2. The molecule has 2 unspecified atom stereocenters. The van der Waals surface area contributed by atoms with Crippen LogP contribution < -0.4 is 17.2 Å². The Bertz CT molecular complexity index is 2100. The highest BCUT2D eigenvalue weighted by molar-refractivity contribution is 7.47. The van der Waals surface area contributed by atoms with E-state index in [2.05, 4.69) is 24.5 Å². The first-order valence-corrected chi connectivity index (χ1v) is 19.0. The van der Waals surface area contributed by atoms with Crippen molar-refractivity contribution in [1.82, 2.24) is 29.1 Å². The lowest BCUT2D eigenvalue weighted by atomic mass is 10.1. The second kappa shape index (κ2) is 16.3. The maximum Gasteiger partial charge on any atom is 0.472 e. The zero-order chi connectivity index (χ0) is 38.8. The number of aromatic nitrogens is 6. The third-order valence-electron chi connectivity index (χ3n) is 8.45. The minimum Gasteiger partial charge on any atom is -0.455 e. The predicted octanol–water partition coefficient (Wildman–Crippen LogP) is -0.426. The number of hydrogen-bond donors (Lipinski definition) is 6. The Morgan fingerprint density at radius 3 is 2.46 bits per heavy atom. The molecule has 25 heteroatoms. The van der Waals surface area contributed by atoms with Crippen LogP contribution in [0.1, 0.15) is 24.4 Å². The van der Waals surface area contributed by atoms with Crippen LogP contribution in [-0.2, 0) is 52.9 Å². The number of methoxy groups -OCH3 is 1. The van der Waals surface area contributed by atoms with Gasteiger partial charge < -0.3 is 50.2 Å². The lowest BCUT2D eigenvalue weighted by Gasteiger charge is -2.25. The number of anilines is 2. The summed E-state index contributed by atoms with van der Waals surface area (Å²) in [4.78, 5) is 71.0. The summed E-state index contributed by atoms with van der Waals surface area (Å²) in [7, 11) is -8.88. The smallest absolute Gasteiger partial charge is 0.455 e. The van der Waals surface area contributed by atoms with Gasteiger partial charge in [0.2, 0.25) is 0 Å². The highest BCUT2D eigenvalue weighted by Crippen LogP contribution is 2.50. The number of nitrogens with zero attached hydrogens (tertiary/aromatic N) is 6. The van der Waals surface area contributed by atoms with Crippen molar-refractivity contribution in [2.24, 2.45) is 0 Å². The summed E-state index contributed by atoms with van der Waals surface area (Å²) < 4.78 is 65.1. The number of aliphatic hydroxyl groups is 1. The van der Waals surface area contributed by atoms with Crippen LogP contribution in [0, 0.1) is 0 Å². The number of fused-ring (bicyclic) bond motifs is 1. The van der Waals surface area contributed by atoms with Crippen molar-refractivity contribution in [1.29, 1.82) is 0 Å². The van der Waals surface area contributed by atoms with Crippen LogP contribution >= 0.6 is 15.6 Å². The molecule has 5 heterocycles. The maximum absolute atomic E-state index is 13.4. The van der Waals surface area contributed by atoms with E-state index < -0.39 is 89.6 Å². The van der Waals surface area contributed by atoms with E-state index in [0.29, 0.717) is 0 Å². The van der Waals surface area contributed by atoms with Gasteiger partial charge in [0.1, 0.15) is 48.3 Å². The number of carbonyl (C=O) groups is 1. The summed E-state index contributed by atoms with van der Waals surface area (Å²) in [5.74, 6) is -0.939. The molecule has 2 fully saturated rings. The summed E-state index contributed by atoms with van der Waals surface area (Å²) in [6.45, 7) is -1.64. The van der Waals surface area contributed by atoms with Crippen molar-refractivity contribution in [2.75, 3.05) is 31.8 Å². The van der Waals surface area contributed by atoms with E-state index in [1.807, 2.05) is 0 Å². The van der Waals surface area contributed by atoms with Crippen LogP contribution in [0.3, 0.4) is 0 Å². The third kappa shape index (κ3) is 9.17. The second-order valence-corrected chi connectivity index (χ2v) is 14.7. The molecule has 4 aromatic rings. The standard InChI is InChI=1S/C29H36N8O15P2/c1-46-17(9-15-5-3-2-4-6-15)28(39)51-24-19(50-27(23(24)38)37-14-34-22-25(31)32-13-33-26(22)37)12-48-54(44,45)52-16-10-21(36-8-7-20(30)35-29(36)40)49-18(16)11-47-53(41,42)43/h2-8,13-14,16-19,21,23-24,27,38H,9-12H2,1H3,(H,44,45)(H2,30,35,40)(H2,31,32,33)(H2,41,42,43)/t16-,17?,18+,19-,21+,23+,24+,27+/m0/s1.